The van der Waals surface area contributed by atoms with Crippen LogP contribution in [0.1, 0.15) is 19.4 Å². The number of nitriles is 1. The van der Waals surface area contributed by atoms with Crippen molar-refractivity contribution in [3.63, 3.8) is 0 Å². The number of nitrogens with two attached hydrogens (primary N) is 1. The van der Waals surface area contributed by atoms with Crippen molar-refractivity contribution in [2.24, 2.45) is 5.73 Å². The summed E-state index contributed by atoms with van der Waals surface area (Å²) in [7, 11) is 0. The third-order valence-electron chi connectivity index (χ3n) is 2.05. The normalized spacial score (nSPS) is 11.5. The average Bonchev–Trinajstić information content (AvgIpc) is 2.28. The molecule has 15 heavy (non-hydrogen) atoms. The first-order valence-corrected chi connectivity index (χ1v) is 4.79. The Bertz CT molecular complexity index is 416. The van der Waals surface area contributed by atoms with Crippen LogP contribution in [0.2, 0.25) is 0 Å². The monoisotopic (exact) mass is 202 g/mol. The average molecular weight is 202 g/mol. The SMILES string of the molecule is CCOc1ccccc1/C(N)=C(/C)C#N. The van der Waals surface area contributed by atoms with Gasteiger partial charge in [-0.2, -0.15) is 5.26 Å². The Labute approximate surface area is 89.8 Å². The number of nitrogens with zero attached hydrogens (tertiary/aromatic N) is 1. The molecule has 0 aliphatic carbocycles. The van der Waals surface area contributed by atoms with Crippen molar-refractivity contribution in [1.29, 1.82) is 5.26 Å². The lowest BCUT2D eigenvalue weighted by molar-refractivity contribution is 0.339. The second-order valence-electron chi connectivity index (χ2n) is 3.08. The number of hydrogen-bond donors (Lipinski definition) is 1. The summed E-state index contributed by atoms with van der Waals surface area (Å²) >= 11 is 0. The number of ether oxygens (including phenoxy) is 1. The molecule has 0 saturated carbocycles. The fourth-order valence-corrected chi connectivity index (χ4v) is 1.23. The number of hydrogen-bond acceptors (Lipinski definition) is 3. The van der Waals surface area contributed by atoms with Gasteiger partial charge in [0, 0.05) is 5.56 Å². The predicted octanol–water partition coefficient (Wildman–Crippen LogP) is 2.30. The highest BCUT2D eigenvalue weighted by Gasteiger charge is 2.07. The van der Waals surface area contributed by atoms with E-state index in [4.69, 9.17) is 15.7 Å². The first-order valence-electron chi connectivity index (χ1n) is 4.79. The highest BCUT2D eigenvalue weighted by atomic mass is 16.5. The molecule has 0 aliphatic heterocycles. The number of rotatable bonds is 3. The molecule has 0 fully saturated rings. The maximum Gasteiger partial charge on any atom is 0.128 e. The molecular weight excluding hydrogens is 188 g/mol. The molecular formula is C12H14N2O. The van der Waals surface area contributed by atoms with Gasteiger partial charge < -0.3 is 10.5 Å². The standard InChI is InChI=1S/C12H14N2O/c1-3-15-11-7-5-4-6-10(11)12(14)9(2)8-13/h4-7H,3,14H2,1-2H3/b12-9+. The Kier molecular flexibility index (Phi) is 3.75. The van der Waals surface area contributed by atoms with Crippen molar-refractivity contribution >= 4 is 5.70 Å². The van der Waals surface area contributed by atoms with E-state index in [0.717, 1.165) is 5.56 Å². The zero-order valence-electron chi connectivity index (χ0n) is 8.95. The van der Waals surface area contributed by atoms with Gasteiger partial charge in [0.25, 0.3) is 0 Å². The van der Waals surface area contributed by atoms with E-state index in [1.54, 1.807) is 6.92 Å². The smallest absolute Gasteiger partial charge is 0.128 e. The molecule has 1 rings (SSSR count). The van der Waals surface area contributed by atoms with Gasteiger partial charge in [-0.15, -0.1) is 0 Å². The van der Waals surface area contributed by atoms with E-state index in [2.05, 4.69) is 0 Å². The lowest BCUT2D eigenvalue weighted by Crippen LogP contribution is -2.03. The van der Waals surface area contributed by atoms with E-state index in [1.165, 1.54) is 0 Å². The third-order valence-corrected chi connectivity index (χ3v) is 2.05. The number of allylic oxidation sites excluding steroid dienone is 1. The summed E-state index contributed by atoms with van der Waals surface area (Å²) in [5.41, 5.74) is 7.61. The molecule has 0 unspecified atom stereocenters. The van der Waals surface area contributed by atoms with Gasteiger partial charge in [0.15, 0.2) is 0 Å². The van der Waals surface area contributed by atoms with E-state index in [9.17, 15) is 0 Å². The van der Waals surface area contributed by atoms with E-state index < -0.39 is 0 Å². The molecule has 0 radical (unpaired) electrons. The van der Waals surface area contributed by atoms with Crippen LogP contribution < -0.4 is 10.5 Å². The summed E-state index contributed by atoms with van der Waals surface area (Å²) in [5.74, 6) is 0.715. The zero-order chi connectivity index (χ0) is 11.3. The predicted molar refractivity (Wildman–Crippen MR) is 60.0 cm³/mol. The minimum Gasteiger partial charge on any atom is -0.493 e. The minimum atomic E-state index is 0.474. The van der Waals surface area contributed by atoms with Crippen LogP contribution >= 0.6 is 0 Å². The first-order chi connectivity index (χ1) is 7.20. The number of benzene rings is 1. The highest BCUT2D eigenvalue weighted by Crippen LogP contribution is 2.24. The minimum absolute atomic E-state index is 0.474. The molecule has 1 aromatic carbocycles. The van der Waals surface area contributed by atoms with Gasteiger partial charge in [-0.05, 0) is 26.0 Å². The molecule has 0 aliphatic rings. The summed E-state index contributed by atoms with van der Waals surface area (Å²) in [4.78, 5) is 0. The van der Waals surface area contributed by atoms with Crippen molar-refractivity contribution in [3.8, 4) is 11.8 Å². The summed E-state index contributed by atoms with van der Waals surface area (Å²) in [6.07, 6.45) is 0. The summed E-state index contributed by atoms with van der Waals surface area (Å²) in [6, 6.07) is 9.47. The second-order valence-corrected chi connectivity index (χ2v) is 3.08. The van der Waals surface area contributed by atoms with E-state index in [0.29, 0.717) is 23.6 Å². The Balaban J connectivity index is 3.20. The first kappa shape index (κ1) is 11.1. The molecule has 1 aromatic rings. The van der Waals surface area contributed by atoms with Gasteiger partial charge in [-0.1, -0.05) is 12.1 Å². The molecule has 0 bridgehead atoms. The summed E-state index contributed by atoms with van der Waals surface area (Å²) in [6.45, 7) is 4.18. The molecule has 2 N–H and O–H groups in total. The fraction of sp³-hybridized carbons (Fsp3) is 0.250. The van der Waals surface area contributed by atoms with E-state index >= 15 is 0 Å². The third kappa shape index (κ3) is 2.50. The van der Waals surface area contributed by atoms with Crippen LogP contribution in [0.4, 0.5) is 0 Å². The van der Waals surface area contributed by atoms with Gasteiger partial charge in [0.1, 0.15) is 5.75 Å². The van der Waals surface area contributed by atoms with Crippen LogP contribution in [0.5, 0.6) is 5.75 Å². The molecule has 3 heteroatoms. The molecule has 0 atom stereocenters. The van der Waals surface area contributed by atoms with Crippen molar-refractivity contribution < 1.29 is 4.74 Å². The van der Waals surface area contributed by atoms with Gasteiger partial charge in [-0.3, -0.25) is 0 Å². The Morgan fingerprint density at radius 1 is 1.47 bits per heavy atom. The van der Waals surface area contributed by atoms with Crippen molar-refractivity contribution in [1.82, 2.24) is 0 Å². The lowest BCUT2D eigenvalue weighted by atomic mass is 10.1. The van der Waals surface area contributed by atoms with Crippen LogP contribution in [0, 0.1) is 11.3 Å². The Morgan fingerprint density at radius 2 is 2.13 bits per heavy atom. The van der Waals surface area contributed by atoms with Crippen molar-refractivity contribution in [3.05, 3.63) is 35.4 Å². The number of para-hydroxylation sites is 1. The van der Waals surface area contributed by atoms with Crippen molar-refractivity contribution in [2.75, 3.05) is 6.61 Å². The van der Waals surface area contributed by atoms with Gasteiger partial charge in [-0.25, -0.2) is 0 Å². The fourth-order valence-electron chi connectivity index (χ4n) is 1.23. The highest BCUT2D eigenvalue weighted by molar-refractivity contribution is 5.72. The zero-order valence-corrected chi connectivity index (χ0v) is 8.95. The maximum atomic E-state index is 8.76. The largest absolute Gasteiger partial charge is 0.493 e. The molecule has 0 amide bonds. The lowest BCUT2D eigenvalue weighted by Gasteiger charge is -2.10. The van der Waals surface area contributed by atoms with Crippen LogP contribution in [-0.4, -0.2) is 6.61 Å². The van der Waals surface area contributed by atoms with E-state index in [-0.39, 0.29) is 0 Å². The van der Waals surface area contributed by atoms with Crippen molar-refractivity contribution in [2.45, 2.75) is 13.8 Å². The van der Waals surface area contributed by atoms with Crippen LogP contribution in [0.25, 0.3) is 5.70 Å². The molecule has 0 saturated heterocycles. The van der Waals surface area contributed by atoms with Crippen LogP contribution in [0.15, 0.2) is 29.8 Å². The summed E-state index contributed by atoms with van der Waals surface area (Å²) in [5, 5.41) is 8.76. The van der Waals surface area contributed by atoms with Crippen LogP contribution in [-0.2, 0) is 0 Å². The molecule has 0 aromatic heterocycles. The Hall–Kier alpha value is -1.95. The van der Waals surface area contributed by atoms with Gasteiger partial charge in [0.05, 0.1) is 23.9 Å². The maximum absolute atomic E-state index is 8.76. The topological polar surface area (TPSA) is 59.0 Å². The van der Waals surface area contributed by atoms with Gasteiger partial charge in [0.2, 0.25) is 0 Å². The van der Waals surface area contributed by atoms with Crippen LogP contribution in [0.3, 0.4) is 0 Å². The molecule has 78 valence electrons. The second kappa shape index (κ2) is 5.06. The van der Waals surface area contributed by atoms with Gasteiger partial charge >= 0.3 is 0 Å². The quantitative estimate of drug-likeness (QED) is 0.765. The molecule has 3 nitrogen and oxygen atoms in total. The molecule has 0 heterocycles. The summed E-state index contributed by atoms with van der Waals surface area (Å²) < 4.78 is 5.43. The van der Waals surface area contributed by atoms with E-state index in [1.807, 2.05) is 37.3 Å². The Morgan fingerprint density at radius 3 is 2.73 bits per heavy atom. The molecule has 0 spiro atoms.